The van der Waals surface area contributed by atoms with Crippen molar-refractivity contribution >= 4 is 27.2 Å². The number of rotatable bonds is 6. The molecule has 0 spiro atoms. The van der Waals surface area contributed by atoms with Crippen LogP contribution in [-0.2, 0) is 0 Å². The van der Waals surface area contributed by atoms with Crippen LogP contribution in [0.15, 0.2) is 12.1 Å². The zero-order valence-corrected chi connectivity index (χ0v) is 18.3. The van der Waals surface area contributed by atoms with Crippen LogP contribution in [0.2, 0.25) is 0 Å². The molecular formula is C22H29N3OS. The van der Waals surface area contributed by atoms with E-state index in [0.717, 1.165) is 52.4 Å². The Morgan fingerprint density at radius 1 is 1.00 bits per heavy atom. The molecule has 0 amide bonds. The molecule has 0 radical (unpaired) electrons. The average Bonchev–Trinajstić information content (AvgIpc) is 2.91. The third kappa shape index (κ3) is 3.79. The van der Waals surface area contributed by atoms with Crippen molar-refractivity contribution in [3.63, 3.8) is 0 Å². The number of anilines is 1. The number of aryl methyl sites for hydroxylation is 5. The Hall–Kier alpha value is -2.14. The van der Waals surface area contributed by atoms with Gasteiger partial charge >= 0.3 is 0 Å². The molecule has 2 aromatic heterocycles. The Balaban J connectivity index is 2.15. The molecule has 1 aromatic carbocycles. The summed E-state index contributed by atoms with van der Waals surface area (Å²) in [4.78, 5) is 13.1. The summed E-state index contributed by atoms with van der Waals surface area (Å²) in [6.07, 6.45) is 1.11. The van der Waals surface area contributed by atoms with E-state index in [1.807, 2.05) is 6.92 Å². The van der Waals surface area contributed by atoms with Gasteiger partial charge in [-0.1, -0.05) is 24.6 Å². The third-order valence-corrected chi connectivity index (χ3v) is 5.83. The summed E-state index contributed by atoms with van der Waals surface area (Å²) in [6.45, 7) is 16.8. The van der Waals surface area contributed by atoms with E-state index >= 15 is 0 Å². The van der Waals surface area contributed by atoms with Gasteiger partial charge < -0.3 is 9.64 Å². The summed E-state index contributed by atoms with van der Waals surface area (Å²) in [5.41, 5.74) is 5.75. The Labute approximate surface area is 166 Å². The smallest absolute Gasteiger partial charge is 0.240 e. The molecule has 5 heteroatoms. The van der Waals surface area contributed by atoms with Crippen molar-refractivity contribution in [2.75, 3.05) is 18.0 Å². The van der Waals surface area contributed by atoms with Gasteiger partial charge in [0, 0.05) is 18.0 Å². The van der Waals surface area contributed by atoms with Crippen LogP contribution < -0.4 is 9.64 Å². The summed E-state index contributed by atoms with van der Waals surface area (Å²) in [6, 6.07) is 4.30. The fourth-order valence-electron chi connectivity index (χ4n) is 3.72. The van der Waals surface area contributed by atoms with Gasteiger partial charge in [0.2, 0.25) is 5.88 Å². The fourth-order valence-corrected chi connectivity index (χ4v) is 4.76. The van der Waals surface area contributed by atoms with Crippen LogP contribution in [0.5, 0.6) is 11.6 Å². The van der Waals surface area contributed by atoms with Gasteiger partial charge in [-0.25, -0.2) is 4.98 Å². The predicted molar refractivity (Wildman–Crippen MR) is 116 cm³/mol. The van der Waals surface area contributed by atoms with Crippen molar-refractivity contribution in [1.29, 1.82) is 0 Å². The highest BCUT2D eigenvalue weighted by Gasteiger charge is 2.21. The van der Waals surface area contributed by atoms with Gasteiger partial charge in [0.25, 0.3) is 0 Å². The maximum absolute atomic E-state index is 6.37. The summed E-state index contributed by atoms with van der Waals surface area (Å²) < 4.78 is 7.40. The molecule has 4 nitrogen and oxygen atoms in total. The molecule has 0 atom stereocenters. The highest BCUT2D eigenvalue weighted by Crippen LogP contribution is 2.42. The van der Waals surface area contributed by atoms with Crippen molar-refractivity contribution in [3.8, 4) is 11.6 Å². The number of nitrogens with zero attached hydrogens (tertiary/aromatic N) is 3. The summed E-state index contributed by atoms with van der Waals surface area (Å²) in [5.74, 6) is 2.31. The molecule has 0 unspecified atom stereocenters. The van der Waals surface area contributed by atoms with Crippen LogP contribution in [0, 0.1) is 34.6 Å². The number of aromatic nitrogens is 2. The van der Waals surface area contributed by atoms with E-state index in [-0.39, 0.29) is 0 Å². The predicted octanol–water partition coefficient (Wildman–Crippen LogP) is 6.26. The number of hydrogen-bond acceptors (Lipinski definition) is 5. The second-order valence-electron chi connectivity index (χ2n) is 7.17. The lowest BCUT2D eigenvalue weighted by Crippen LogP contribution is -2.23. The van der Waals surface area contributed by atoms with Crippen molar-refractivity contribution in [2.24, 2.45) is 0 Å². The van der Waals surface area contributed by atoms with Crippen molar-refractivity contribution in [1.82, 2.24) is 9.97 Å². The Morgan fingerprint density at radius 2 is 1.67 bits per heavy atom. The van der Waals surface area contributed by atoms with Gasteiger partial charge in [-0.2, -0.15) is 4.98 Å². The minimum absolute atomic E-state index is 0.666. The lowest BCUT2D eigenvalue weighted by atomic mass is 10.1. The molecule has 3 rings (SSSR count). The average molecular weight is 384 g/mol. The van der Waals surface area contributed by atoms with Gasteiger partial charge in [0.15, 0.2) is 0 Å². The van der Waals surface area contributed by atoms with Crippen LogP contribution in [0.1, 0.15) is 47.7 Å². The third-order valence-electron chi connectivity index (χ3n) is 4.75. The lowest BCUT2D eigenvalue weighted by molar-refractivity contribution is 0.460. The van der Waals surface area contributed by atoms with Gasteiger partial charge in [0.1, 0.15) is 21.8 Å². The molecule has 144 valence electrons. The minimum atomic E-state index is 0.666. The molecular weight excluding hydrogens is 354 g/mol. The van der Waals surface area contributed by atoms with E-state index in [1.165, 1.54) is 16.1 Å². The van der Waals surface area contributed by atoms with E-state index in [4.69, 9.17) is 9.72 Å². The van der Waals surface area contributed by atoms with Gasteiger partial charge in [-0.3, -0.25) is 0 Å². The van der Waals surface area contributed by atoms with Crippen molar-refractivity contribution in [3.05, 3.63) is 39.5 Å². The van der Waals surface area contributed by atoms with Crippen molar-refractivity contribution in [2.45, 2.75) is 54.9 Å². The number of fused-ring (bicyclic) bond motifs is 1. The Kier molecular flexibility index (Phi) is 5.70. The van der Waals surface area contributed by atoms with Crippen LogP contribution in [-0.4, -0.2) is 23.1 Å². The highest BCUT2D eigenvalue weighted by molar-refractivity contribution is 7.20. The fraction of sp³-hybridized carbons (Fsp3) is 0.455. The topological polar surface area (TPSA) is 38.2 Å². The van der Waals surface area contributed by atoms with E-state index in [2.05, 4.69) is 63.6 Å². The maximum Gasteiger partial charge on any atom is 0.240 e. The zero-order chi connectivity index (χ0) is 19.7. The quantitative estimate of drug-likeness (QED) is 0.503. The van der Waals surface area contributed by atoms with E-state index in [9.17, 15) is 0 Å². The Morgan fingerprint density at radius 3 is 2.26 bits per heavy atom. The molecule has 2 heterocycles. The van der Waals surface area contributed by atoms with E-state index < -0.39 is 0 Å². The molecule has 0 saturated carbocycles. The standard InChI is InChI=1S/C22H29N3OS/c1-8-10-25(9-2)19-16(6)27-21-18(19)23-17(7)24-22(21)26-20-14(4)11-13(3)12-15(20)5/h11-12H,8-10H2,1-7H3. The van der Waals surface area contributed by atoms with Crippen LogP contribution in [0.4, 0.5) is 5.69 Å². The molecule has 0 fully saturated rings. The largest absolute Gasteiger partial charge is 0.437 e. The molecule has 0 aliphatic carbocycles. The Bertz CT molecular complexity index is 954. The van der Waals surface area contributed by atoms with E-state index in [0.29, 0.717) is 5.88 Å². The normalized spacial score (nSPS) is 11.2. The van der Waals surface area contributed by atoms with E-state index in [1.54, 1.807) is 11.3 Å². The SMILES string of the molecule is CCCN(CC)c1c(C)sc2c(Oc3c(C)cc(C)cc3C)nc(C)nc12. The van der Waals surface area contributed by atoms with Gasteiger partial charge in [-0.05, 0) is 59.1 Å². The molecule has 27 heavy (non-hydrogen) atoms. The summed E-state index contributed by atoms with van der Waals surface area (Å²) >= 11 is 1.73. The number of ether oxygens (including phenoxy) is 1. The van der Waals surface area contributed by atoms with Gasteiger partial charge in [0.05, 0.1) is 5.69 Å². The molecule has 0 aliphatic heterocycles. The second-order valence-corrected chi connectivity index (χ2v) is 8.39. The molecule has 3 aromatic rings. The molecule has 0 bridgehead atoms. The number of hydrogen-bond donors (Lipinski definition) is 0. The number of thiophene rings is 1. The molecule has 0 N–H and O–H groups in total. The maximum atomic E-state index is 6.37. The molecule has 0 saturated heterocycles. The summed E-state index contributed by atoms with van der Waals surface area (Å²) in [7, 11) is 0. The first-order valence-corrected chi connectivity index (χ1v) is 10.5. The monoisotopic (exact) mass is 383 g/mol. The first-order valence-electron chi connectivity index (χ1n) is 9.64. The minimum Gasteiger partial charge on any atom is -0.437 e. The molecule has 0 aliphatic rings. The zero-order valence-electron chi connectivity index (χ0n) is 17.4. The summed E-state index contributed by atoms with van der Waals surface area (Å²) in [5, 5.41) is 0. The first-order chi connectivity index (χ1) is 12.8. The lowest BCUT2D eigenvalue weighted by Gasteiger charge is -2.22. The van der Waals surface area contributed by atoms with Crippen LogP contribution in [0.3, 0.4) is 0 Å². The first kappa shape index (κ1) is 19.6. The van der Waals surface area contributed by atoms with Crippen LogP contribution in [0.25, 0.3) is 10.2 Å². The van der Waals surface area contributed by atoms with Crippen LogP contribution >= 0.6 is 11.3 Å². The number of benzene rings is 1. The van der Waals surface area contributed by atoms with Gasteiger partial charge in [-0.15, -0.1) is 11.3 Å². The highest BCUT2D eigenvalue weighted by atomic mass is 32.1. The second kappa shape index (κ2) is 7.85. The van der Waals surface area contributed by atoms with Crippen molar-refractivity contribution < 1.29 is 4.74 Å².